The SMILES string of the molecule is CCC(C)c1ccc(NC(=O)CSc2nnc(C3CC3)n2CC)cc1. The molecule has 6 heteroatoms. The largest absolute Gasteiger partial charge is 0.325 e. The number of anilines is 1. The van der Waals surface area contributed by atoms with Gasteiger partial charge in [0.2, 0.25) is 5.91 Å². The summed E-state index contributed by atoms with van der Waals surface area (Å²) in [5.74, 6) is 2.52. The van der Waals surface area contributed by atoms with Gasteiger partial charge in [0.15, 0.2) is 5.16 Å². The molecule has 25 heavy (non-hydrogen) atoms. The van der Waals surface area contributed by atoms with Gasteiger partial charge in [-0.3, -0.25) is 4.79 Å². The quantitative estimate of drug-likeness (QED) is 0.710. The first kappa shape index (κ1) is 18.0. The molecule has 1 fully saturated rings. The molecule has 0 bridgehead atoms. The lowest BCUT2D eigenvalue weighted by atomic mass is 9.99. The summed E-state index contributed by atoms with van der Waals surface area (Å²) >= 11 is 1.45. The van der Waals surface area contributed by atoms with Gasteiger partial charge in [-0.25, -0.2) is 0 Å². The number of aromatic nitrogens is 3. The summed E-state index contributed by atoms with van der Waals surface area (Å²) in [6.45, 7) is 7.34. The van der Waals surface area contributed by atoms with Crippen LogP contribution in [0.2, 0.25) is 0 Å². The van der Waals surface area contributed by atoms with Gasteiger partial charge >= 0.3 is 0 Å². The third kappa shape index (κ3) is 4.42. The van der Waals surface area contributed by atoms with Crippen LogP contribution in [0.5, 0.6) is 0 Å². The maximum absolute atomic E-state index is 12.2. The first-order valence-electron chi connectivity index (χ1n) is 9.08. The second-order valence-corrected chi connectivity index (χ2v) is 7.57. The van der Waals surface area contributed by atoms with Gasteiger partial charge in [-0.1, -0.05) is 37.7 Å². The van der Waals surface area contributed by atoms with Crippen LogP contribution in [-0.4, -0.2) is 26.4 Å². The van der Waals surface area contributed by atoms with Gasteiger partial charge in [0.25, 0.3) is 0 Å². The molecule has 3 rings (SSSR count). The molecule has 0 radical (unpaired) electrons. The van der Waals surface area contributed by atoms with E-state index in [1.165, 1.54) is 30.2 Å². The second-order valence-electron chi connectivity index (χ2n) is 6.63. The van der Waals surface area contributed by atoms with Gasteiger partial charge in [-0.15, -0.1) is 10.2 Å². The van der Waals surface area contributed by atoms with Crippen molar-refractivity contribution >= 4 is 23.4 Å². The van der Waals surface area contributed by atoms with E-state index < -0.39 is 0 Å². The van der Waals surface area contributed by atoms with Crippen LogP contribution in [0.1, 0.15) is 63.3 Å². The molecular weight excluding hydrogens is 332 g/mol. The maximum Gasteiger partial charge on any atom is 0.234 e. The Morgan fingerprint density at radius 3 is 2.60 bits per heavy atom. The summed E-state index contributed by atoms with van der Waals surface area (Å²) in [4.78, 5) is 12.2. The van der Waals surface area contributed by atoms with Crippen molar-refractivity contribution < 1.29 is 4.79 Å². The fourth-order valence-corrected chi connectivity index (χ4v) is 3.61. The third-order valence-electron chi connectivity index (χ3n) is 4.71. The molecule has 1 N–H and O–H groups in total. The van der Waals surface area contributed by atoms with Gasteiger partial charge in [-0.05, 0) is 49.8 Å². The smallest absolute Gasteiger partial charge is 0.234 e. The van der Waals surface area contributed by atoms with Gasteiger partial charge in [0.1, 0.15) is 5.82 Å². The van der Waals surface area contributed by atoms with Crippen LogP contribution in [-0.2, 0) is 11.3 Å². The molecule has 0 aliphatic heterocycles. The molecule has 5 nitrogen and oxygen atoms in total. The molecule has 1 aromatic carbocycles. The van der Waals surface area contributed by atoms with E-state index in [1.807, 2.05) is 12.1 Å². The number of benzene rings is 1. The Morgan fingerprint density at radius 2 is 2.00 bits per heavy atom. The van der Waals surface area contributed by atoms with Crippen LogP contribution >= 0.6 is 11.8 Å². The van der Waals surface area contributed by atoms with Gasteiger partial charge < -0.3 is 9.88 Å². The summed E-state index contributed by atoms with van der Waals surface area (Å²) in [6, 6.07) is 8.13. The van der Waals surface area contributed by atoms with Gasteiger partial charge in [0, 0.05) is 18.2 Å². The number of hydrogen-bond acceptors (Lipinski definition) is 4. The van der Waals surface area contributed by atoms with Crippen LogP contribution in [0.25, 0.3) is 0 Å². The first-order valence-corrected chi connectivity index (χ1v) is 10.1. The molecular formula is C19H26N4OS. The number of rotatable bonds is 8. The lowest BCUT2D eigenvalue weighted by Crippen LogP contribution is -2.14. The Morgan fingerprint density at radius 1 is 1.28 bits per heavy atom. The number of nitrogens with one attached hydrogen (secondary N) is 1. The minimum atomic E-state index is -0.0140. The summed E-state index contributed by atoms with van der Waals surface area (Å²) in [7, 11) is 0. The van der Waals surface area contributed by atoms with Crippen molar-refractivity contribution in [2.45, 2.75) is 63.6 Å². The minimum Gasteiger partial charge on any atom is -0.325 e. The van der Waals surface area contributed by atoms with Crippen LogP contribution in [0.15, 0.2) is 29.4 Å². The topological polar surface area (TPSA) is 59.8 Å². The minimum absolute atomic E-state index is 0.0140. The monoisotopic (exact) mass is 358 g/mol. The van der Waals surface area contributed by atoms with Crippen molar-refractivity contribution in [3.8, 4) is 0 Å². The van der Waals surface area contributed by atoms with Crippen LogP contribution < -0.4 is 5.32 Å². The first-order chi connectivity index (χ1) is 12.1. The Labute approximate surface area is 153 Å². The van der Waals surface area contributed by atoms with Crippen LogP contribution in [0, 0.1) is 0 Å². The van der Waals surface area contributed by atoms with E-state index >= 15 is 0 Å². The molecule has 1 heterocycles. The third-order valence-corrected chi connectivity index (χ3v) is 5.68. The Hall–Kier alpha value is -1.82. The number of carbonyl (C=O) groups excluding carboxylic acids is 1. The Kier molecular flexibility index (Phi) is 5.78. The lowest BCUT2D eigenvalue weighted by molar-refractivity contribution is -0.113. The number of carbonyl (C=O) groups is 1. The number of amides is 1. The lowest BCUT2D eigenvalue weighted by Gasteiger charge is -2.10. The van der Waals surface area contributed by atoms with Crippen LogP contribution in [0.4, 0.5) is 5.69 Å². The average Bonchev–Trinajstić information content (AvgIpc) is 3.39. The van der Waals surface area contributed by atoms with Crippen LogP contribution in [0.3, 0.4) is 0 Å². The van der Waals surface area contributed by atoms with E-state index in [0.717, 1.165) is 29.6 Å². The summed E-state index contributed by atoms with van der Waals surface area (Å²) < 4.78 is 2.14. The van der Waals surface area contributed by atoms with E-state index in [0.29, 0.717) is 17.6 Å². The van der Waals surface area contributed by atoms with Gasteiger partial charge in [-0.2, -0.15) is 0 Å². The second kappa shape index (κ2) is 8.04. The average molecular weight is 359 g/mol. The van der Waals surface area contributed by atoms with Crippen molar-refractivity contribution in [2.75, 3.05) is 11.1 Å². The number of thioether (sulfide) groups is 1. The van der Waals surface area contributed by atoms with E-state index in [2.05, 4.69) is 53.0 Å². The predicted octanol–water partition coefficient (Wildman–Crippen LogP) is 4.42. The maximum atomic E-state index is 12.2. The summed E-state index contributed by atoms with van der Waals surface area (Å²) in [5.41, 5.74) is 2.15. The highest BCUT2D eigenvalue weighted by molar-refractivity contribution is 7.99. The molecule has 0 saturated heterocycles. The molecule has 1 aliphatic rings. The highest BCUT2D eigenvalue weighted by atomic mass is 32.2. The van der Waals surface area contributed by atoms with Crippen molar-refractivity contribution in [1.29, 1.82) is 0 Å². The molecule has 1 amide bonds. The van der Waals surface area contributed by atoms with Crippen molar-refractivity contribution in [1.82, 2.24) is 14.8 Å². The molecule has 1 aliphatic carbocycles. The summed E-state index contributed by atoms with van der Waals surface area (Å²) in [6.07, 6.45) is 3.52. The van der Waals surface area contributed by atoms with E-state index in [1.54, 1.807) is 0 Å². The van der Waals surface area contributed by atoms with Crippen molar-refractivity contribution in [3.63, 3.8) is 0 Å². The highest BCUT2D eigenvalue weighted by Crippen LogP contribution is 2.39. The highest BCUT2D eigenvalue weighted by Gasteiger charge is 2.30. The summed E-state index contributed by atoms with van der Waals surface area (Å²) in [5, 5.41) is 12.4. The molecule has 1 atom stereocenters. The van der Waals surface area contributed by atoms with Gasteiger partial charge in [0.05, 0.1) is 5.75 Å². The van der Waals surface area contributed by atoms with E-state index in [4.69, 9.17) is 0 Å². The zero-order valence-electron chi connectivity index (χ0n) is 15.2. The normalized spacial score (nSPS) is 15.2. The predicted molar refractivity (Wildman–Crippen MR) is 102 cm³/mol. The molecule has 1 unspecified atom stereocenters. The zero-order valence-corrected chi connectivity index (χ0v) is 16.0. The molecule has 134 valence electrons. The number of nitrogens with zero attached hydrogens (tertiary/aromatic N) is 3. The molecule has 0 spiro atoms. The van der Waals surface area contributed by atoms with Crippen molar-refractivity contribution in [2.24, 2.45) is 0 Å². The Balaban J connectivity index is 1.54. The van der Waals surface area contributed by atoms with E-state index in [-0.39, 0.29) is 5.91 Å². The zero-order chi connectivity index (χ0) is 17.8. The molecule has 2 aromatic rings. The van der Waals surface area contributed by atoms with E-state index in [9.17, 15) is 4.79 Å². The number of hydrogen-bond donors (Lipinski definition) is 1. The van der Waals surface area contributed by atoms with Crippen molar-refractivity contribution in [3.05, 3.63) is 35.7 Å². The fourth-order valence-electron chi connectivity index (χ4n) is 2.81. The molecule has 1 saturated carbocycles. The Bertz CT molecular complexity index is 722. The fraction of sp³-hybridized carbons (Fsp3) is 0.526. The standard InChI is InChI=1S/C19H26N4OS/c1-4-13(3)14-8-10-16(11-9-14)20-17(24)12-25-19-22-21-18(15-6-7-15)23(19)5-2/h8-11,13,15H,4-7,12H2,1-3H3,(H,20,24). The molecule has 1 aromatic heterocycles.